The van der Waals surface area contributed by atoms with Gasteiger partial charge in [-0.25, -0.2) is 8.42 Å². The zero-order valence-electron chi connectivity index (χ0n) is 14.6. The minimum absolute atomic E-state index is 0.217. The Kier molecular flexibility index (Phi) is 5.74. The molecule has 1 fully saturated rings. The first-order valence-corrected chi connectivity index (χ1v) is 9.96. The molecule has 0 aromatic heterocycles. The van der Waals surface area contributed by atoms with Gasteiger partial charge in [-0.2, -0.15) is 9.57 Å². The number of rotatable bonds is 6. The predicted molar refractivity (Wildman–Crippen MR) is 99.7 cm³/mol. The molecule has 8 heteroatoms. The number of carbonyl (C=O) groups is 1. The summed E-state index contributed by atoms with van der Waals surface area (Å²) in [6.07, 6.45) is 1.76. The Morgan fingerprint density at radius 2 is 1.85 bits per heavy atom. The van der Waals surface area contributed by atoms with Gasteiger partial charge >= 0.3 is 0 Å². The fourth-order valence-corrected chi connectivity index (χ4v) is 4.31. The third kappa shape index (κ3) is 4.64. The van der Waals surface area contributed by atoms with Gasteiger partial charge in [0.15, 0.2) is 6.61 Å². The molecule has 1 heterocycles. The summed E-state index contributed by atoms with van der Waals surface area (Å²) in [7, 11) is -3.46. The Hall–Kier alpha value is -2.89. The van der Waals surface area contributed by atoms with Crippen molar-refractivity contribution in [3.63, 3.8) is 0 Å². The van der Waals surface area contributed by atoms with Crippen LogP contribution in [0.25, 0.3) is 0 Å². The topological polar surface area (TPSA) is 99.5 Å². The molecule has 3 rings (SSSR count). The molecule has 140 valence electrons. The first kappa shape index (κ1) is 18.9. The summed E-state index contributed by atoms with van der Waals surface area (Å²) in [5.74, 6) is 0.0233. The second kappa shape index (κ2) is 8.20. The Morgan fingerprint density at radius 1 is 1.15 bits per heavy atom. The standard InChI is InChI=1S/C19H19N3O4S/c20-13-15-4-3-5-16(12-15)21-19(23)14-26-17-6-8-18(9-7-17)27(24,25)22-10-1-2-11-22/h3-9,12H,1-2,10-11,14H2,(H,21,23). The summed E-state index contributed by atoms with van der Waals surface area (Å²) in [5, 5.41) is 11.5. The van der Waals surface area contributed by atoms with Crippen LogP contribution in [0.3, 0.4) is 0 Å². The van der Waals surface area contributed by atoms with Crippen LogP contribution in [0, 0.1) is 11.3 Å². The van der Waals surface area contributed by atoms with Crippen LogP contribution in [-0.2, 0) is 14.8 Å². The molecule has 0 spiro atoms. The van der Waals surface area contributed by atoms with Gasteiger partial charge in [0.1, 0.15) is 5.75 Å². The third-order valence-corrected chi connectivity index (χ3v) is 6.08. The molecule has 0 bridgehead atoms. The molecule has 7 nitrogen and oxygen atoms in total. The number of hydrogen-bond donors (Lipinski definition) is 1. The molecule has 0 atom stereocenters. The van der Waals surface area contributed by atoms with Crippen LogP contribution in [0.4, 0.5) is 5.69 Å². The Labute approximate surface area is 158 Å². The highest BCUT2D eigenvalue weighted by Gasteiger charge is 2.26. The summed E-state index contributed by atoms with van der Waals surface area (Å²) in [4.78, 5) is 12.2. The van der Waals surface area contributed by atoms with E-state index in [4.69, 9.17) is 10.00 Å². The lowest BCUT2D eigenvalue weighted by atomic mass is 10.2. The average Bonchev–Trinajstić information content (AvgIpc) is 3.22. The van der Waals surface area contributed by atoms with Gasteiger partial charge in [-0.05, 0) is 55.3 Å². The van der Waals surface area contributed by atoms with E-state index in [-0.39, 0.29) is 17.4 Å². The van der Waals surface area contributed by atoms with Gasteiger partial charge in [0.05, 0.1) is 16.5 Å². The number of benzene rings is 2. The van der Waals surface area contributed by atoms with Crippen molar-refractivity contribution in [3.8, 4) is 11.8 Å². The van der Waals surface area contributed by atoms with Crippen molar-refractivity contribution >= 4 is 21.6 Å². The number of nitriles is 1. The Bertz CT molecular complexity index is 959. The normalized spacial score (nSPS) is 14.5. The van der Waals surface area contributed by atoms with E-state index in [1.165, 1.54) is 28.6 Å². The molecule has 1 saturated heterocycles. The van der Waals surface area contributed by atoms with E-state index in [0.717, 1.165) is 12.8 Å². The lowest BCUT2D eigenvalue weighted by Crippen LogP contribution is -2.27. The molecular formula is C19H19N3O4S. The SMILES string of the molecule is N#Cc1cccc(NC(=O)COc2ccc(S(=O)(=O)N3CCCC3)cc2)c1. The molecule has 0 radical (unpaired) electrons. The summed E-state index contributed by atoms with van der Waals surface area (Å²) in [6, 6.07) is 14.6. The molecule has 27 heavy (non-hydrogen) atoms. The van der Waals surface area contributed by atoms with Crippen molar-refractivity contribution in [2.75, 3.05) is 25.0 Å². The van der Waals surface area contributed by atoms with Crippen molar-refractivity contribution in [2.45, 2.75) is 17.7 Å². The van der Waals surface area contributed by atoms with E-state index in [0.29, 0.717) is 30.1 Å². The van der Waals surface area contributed by atoms with Crippen LogP contribution in [-0.4, -0.2) is 38.3 Å². The van der Waals surface area contributed by atoms with Crippen molar-refractivity contribution < 1.29 is 17.9 Å². The number of sulfonamides is 1. The van der Waals surface area contributed by atoms with E-state index < -0.39 is 10.0 Å². The summed E-state index contributed by atoms with van der Waals surface area (Å²) in [5.41, 5.74) is 0.957. The van der Waals surface area contributed by atoms with Crippen LogP contribution < -0.4 is 10.1 Å². The molecule has 0 unspecified atom stereocenters. The van der Waals surface area contributed by atoms with E-state index >= 15 is 0 Å². The van der Waals surface area contributed by atoms with Gasteiger partial charge in [0.2, 0.25) is 10.0 Å². The lowest BCUT2D eigenvalue weighted by Gasteiger charge is -2.15. The van der Waals surface area contributed by atoms with Crippen molar-refractivity contribution in [3.05, 3.63) is 54.1 Å². The lowest BCUT2D eigenvalue weighted by molar-refractivity contribution is -0.118. The zero-order valence-corrected chi connectivity index (χ0v) is 15.4. The Morgan fingerprint density at radius 3 is 2.52 bits per heavy atom. The van der Waals surface area contributed by atoms with Crippen LogP contribution in [0.15, 0.2) is 53.4 Å². The minimum Gasteiger partial charge on any atom is -0.484 e. The first-order chi connectivity index (χ1) is 13.0. The van der Waals surface area contributed by atoms with Gasteiger partial charge in [0.25, 0.3) is 5.91 Å². The fourth-order valence-electron chi connectivity index (χ4n) is 2.80. The van der Waals surface area contributed by atoms with Crippen molar-refractivity contribution in [2.24, 2.45) is 0 Å². The van der Waals surface area contributed by atoms with Crippen LogP contribution >= 0.6 is 0 Å². The second-order valence-electron chi connectivity index (χ2n) is 6.11. The van der Waals surface area contributed by atoms with E-state index in [9.17, 15) is 13.2 Å². The smallest absolute Gasteiger partial charge is 0.262 e. The molecule has 0 saturated carbocycles. The third-order valence-electron chi connectivity index (χ3n) is 4.17. The molecule has 2 aromatic carbocycles. The van der Waals surface area contributed by atoms with E-state index in [2.05, 4.69) is 5.32 Å². The number of nitrogens with one attached hydrogen (secondary N) is 1. The Balaban J connectivity index is 1.57. The number of amides is 1. The van der Waals surface area contributed by atoms with E-state index in [1.54, 1.807) is 24.3 Å². The maximum absolute atomic E-state index is 12.5. The first-order valence-electron chi connectivity index (χ1n) is 8.52. The van der Waals surface area contributed by atoms with Crippen LogP contribution in [0.5, 0.6) is 5.75 Å². The largest absolute Gasteiger partial charge is 0.484 e. The highest BCUT2D eigenvalue weighted by atomic mass is 32.2. The van der Waals surface area contributed by atoms with Gasteiger partial charge < -0.3 is 10.1 Å². The number of nitrogens with zero attached hydrogens (tertiary/aromatic N) is 2. The fraction of sp³-hybridized carbons (Fsp3) is 0.263. The minimum atomic E-state index is -3.46. The molecule has 1 aliphatic heterocycles. The maximum Gasteiger partial charge on any atom is 0.262 e. The van der Waals surface area contributed by atoms with Gasteiger partial charge in [-0.3, -0.25) is 4.79 Å². The van der Waals surface area contributed by atoms with Gasteiger partial charge in [0, 0.05) is 18.8 Å². The maximum atomic E-state index is 12.5. The summed E-state index contributed by atoms with van der Waals surface area (Å²) in [6.45, 7) is 0.872. The zero-order chi connectivity index (χ0) is 19.3. The molecule has 1 amide bonds. The molecule has 2 aromatic rings. The number of carbonyl (C=O) groups excluding carboxylic acids is 1. The second-order valence-corrected chi connectivity index (χ2v) is 8.05. The monoisotopic (exact) mass is 385 g/mol. The van der Waals surface area contributed by atoms with Crippen molar-refractivity contribution in [1.29, 1.82) is 5.26 Å². The van der Waals surface area contributed by atoms with E-state index in [1.807, 2.05) is 6.07 Å². The molecular weight excluding hydrogens is 366 g/mol. The van der Waals surface area contributed by atoms with Crippen molar-refractivity contribution in [1.82, 2.24) is 4.31 Å². The van der Waals surface area contributed by atoms with Gasteiger partial charge in [-0.15, -0.1) is 0 Å². The number of hydrogen-bond acceptors (Lipinski definition) is 5. The molecule has 1 N–H and O–H groups in total. The predicted octanol–water partition coefficient (Wildman–Crippen LogP) is 2.36. The summed E-state index contributed by atoms with van der Waals surface area (Å²) < 4.78 is 31.8. The average molecular weight is 385 g/mol. The molecule has 1 aliphatic rings. The molecule has 0 aliphatic carbocycles. The summed E-state index contributed by atoms with van der Waals surface area (Å²) >= 11 is 0. The quantitative estimate of drug-likeness (QED) is 0.823. The van der Waals surface area contributed by atoms with Gasteiger partial charge in [-0.1, -0.05) is 6.07 Å². The highest BCUT2D eigenvalue weighted by Crippen LogP contribution is 2.23. The van der Waals surface area contributed by atoms with Crippen LogP contribution in [0.2, 0.25) is 0 Å². The van der Waals surface area contributed by atoms with Crippen LogP contribution in [0.1, 0.15) is 18.4 Å². The number of ether oxygens (including phenoxy) is 1. The number of anilines is 1. The highest BCUT2D eigenvalue weighted by molar-refractivity contribution is 7.89.